The van der Waals surface area contributed by atoms with Crippen LogP contribution in [0.15, 0.2) is 35.0 Å². The number of rotatable bonds is 4. The van der Waals surface area contributed by atoms with E-state index in [1.807, 2.05) is 24.3 Å². The minimum Gasteiger partial charge on any atom is -1.00 e. The molecule has 0 unspecified atom stereocenters. The summed E-state index contributed by atoms with van der Waals surface area (Å²) in [6.07, 6.45) is 1.61. The highest BCUT2D eigenvalue weighted by atomic mass is 35.5. The Kier molecular flexibility index (Phi) is 6.36. The highest BCUT2D eigenvalue weighted by molar-refractivity contribution is 6.04. The van der Waals surface area contributed by atoms with Gasteiger partial charge in [-0.25, -0.2) is 4.98 Å². The molecule has 2 aromatic heterocycles. The number of hydrogen-bond donors (Lipinski definition) is 2. The Morgan fingerprint density at radius 2 is 1.90 bits per heavy atom. The van der Waals surface area contributed by atoms with Gasteiger partial charge in [0.2, 0.25) is 5.58 Å². The van der Waals surface area contributed by atoms with E-state index >= 15 is 0 Å². The van der Waals surface area contributed by atoms with Crippen molar-refractivity contribution in [2.45, 2.75) is 0 Å². The topological polar surface area (TPSA) is 60.0 Å². The SMILES string of the molecule is C[NH+](C)CC[NH2+]c1ncnc2c1oc1ccccc12.[Cl-].[Cl-]. The lowest BCUT2D eigenvalue weighted by Gasteiger charge is -2.04. The Bertz CT molecular complexity index is 714. The minimum absolute atomic E-state index is 0. The summed E-state index contributed by atoms with van der Waals surface area (Å²) < 4.78 is 5.88. The molecule has 1 aromatic carbocycles. The van der Waals surface area contributed by atoms with Crippen molar-refractivity contribution in [3.8, 4) is 0 Å². The molecule has 0 radical (unpaired) electrons. The number of aromatic nitrogens is 2. The minimum atomic E-state index is 0. The predicted octanol–water partition coefficient (Wildman–Crippen LogP) is -6.28. The Labute approximate surface area is 135 Å². The van der Waals surface area contributed by atoms with Gasteiger partial charge in [-0.2, -0.15) is 4.98 Å². The van der Waals surface area contributed by atoms with E-state index in [9.17, 15) is 0 Å². The molecule has 0 atom stereocenters. The molecule has 3 aromatic rings. The Balaban J connectivity index is 0.00000110. The van der Waals surface area contributed by atoms with Gasteiger partial charge in [0.05, 0.1) is 14.1 Å². The van der Waals surface area contributed by atoms with Crippen LogP contribution in [-0.4, -0.2) is 37.2 Å². The summed E-state index contributed by atoms with van der Waals surface area (Å²) in [5.41, 5.74) is 2.55. The number of nitrogens with one attached hydrogen (secondary N) is 1. The van der Waals surface area contributed by atoms with Gasteiger partial charge >= 0.3 is 0 Å². The summed E-state index contributed by atoms with van der Waals surface area (Å²) in [7, 11) is 4.29. The normalized spacial score (nSPS) is 10.6. The summed E-state index contributed by atoms with van der Waals surface area (Å²) in [4.78, 5) is 10.1. The highest BCUT2D eigenvalue weighted by Gasteiger charge is 2.15. The fourth-order valence-electron chi connectivity index (χ4n) is 2.18. The van der Waals surface area contributed by atoms with E-state index in [1.54, 1.807) is 6.33 Å². The van der Waals surface area contributed by atoms with Gasteiger partial charge < -0.3 is 34.1 Å². The number of nitrogens with two attached hydrogens (primary N) is 1. The zero-order valence-electron chi connectivity index (χ0n) is 11.9. The maximum absolute atomic E-state index is 5.88. The van der Waals surface area contributed by atoms with Crippen LogP contribution in [0, 0.1) is 0 Å². The van der Waals surface area contributed by atoms with Crippen LogP contribution in [0.5, 0.6) is 0 Å². The molecule has 0 aliphatic carbocycles. The first-order chi connectivity index (χ1) is 9.25. The fourth-order valence-corrected chi connectivity index (χ4v) is 2.18. The highest BCUT2D eigenvalue weighted by Crippen LogP contribution is 2.28. The predicted molar refractivity (Wildman–Crippen MR) is 73.4 cm³/mol. The second-order valence-corrected chi connectivity index (χ2v) is 4.98. The zero-order chi connectivity index (χ0) is 13.2. The van der Waals surface area contributed by atoms with Gasteiger partial charge in [0, 0.05) is 5.39 Å². The summed E-state index contributed by atoms with van der Waals surface area (Å²) in [6, 6.07) is 7.96. The van der Waals surface area contributed by atoms with Crippen molar-refractivity contribution < 1.29 is 39.4 Å². The molecule has 0 saturated heterocycles. The van der Waals surface area contributed by atoms with Crippen molar-refractivity contribution in [2.24, 2.45) is 0 Å². The summed E-state index contributed by atoms with van der Waals surface area (Å²) in [5, 5.41) is 3.17. The van der Waals surface area contributed by atoms with E-state index in [-0.39, 0.29) is 24.8 Å². The molecule has 5 nitrogen and oxygen atoms in total. The number of para-hydroxylation sites is 1. The van der Waals surface area contributed by atoms with Gasteiger partial charge in [0.25, 0.3) is 5.82 Å². The van der Waals surface area contributed by atoms with Gasteiger partial charge in [-0.3, -0.25) is 5.32 Å². The first-order valence-corrected chi connectivity index (χ1v) is 6.50. The monoisotopic (exact) mass is 328 g/mol. The Morgan fingerprint density at radius 1 is 1.14 bits per heavy atom. The quantitative estimate of drug-likeness (QED) is 0.501. The lowest BCUT2D eigenvalue weighted by atomic mass is 10.2. The summed E-state index contributed by atoms with van der Waals surface area (Å²) in [5.74, 6) is 0.891. The Hall–Kier alpha value is -1.40. The average molecular weight is 329 g/mol. The molecule has 3 N–H and O–H groups in total. The van der Waals surface area contributed by atoms with E-state index < -0.39 is 0 Å². The summed E-state index contributed by atoms with van der Waals surface area (Å²) >= 11 is 0. The number of likely N-dealkylation sites (N-methyl/N-ethyl adjacent to an activating group) is 1. The van der Waals surface area contributed by atoms with Crippen LogP contribution in [0.4, 0.5) is 5.82 Å². The second-order valence-electron chi connectivity index (χ2n) is 4.98. The smallest absolute Gasteiger partial charge is 0.271 e. The van der Waals surface area contributed by atoms with E-state index in [2.05, 4.69) is 29.4 Å². The van der Waals surface area contributed by atoms with Gasteiger partial charge in [0.15, 0.2) is 0 Å². The molecule has 0 aliphatic rings. The number of quaternary nitrogens is 2. The lowest BCUT2D eigenvalue weighted by Crippen LogP contribution is -3.08. The van der Waals surface area contributed by atoms with Crippen molar-refractivity contribution in [2.75, 3.05) is 27.2 Å². The van der Waals surface area contributed by atoms with Crippen LogP contribution >= 0.6 is 0 Å². The molecule has 7 heteroatoms. The van der Waals surface area contributed by atoms with Crippen LogP contribution in [-0.2, 0) is 0 Å². The number of hydrogen-bond acceptors (Lipinski definition) is 3. The molecule has 0 amide bonds. The third-order valence-corrected chi connectivity index (χ3v) is 3.17. The maximum Gasteiger partial charge on any atom is 0.271 e. The number of fused-ring (bicyclic) bond motifs is 3. The van der Waals surface area contributed by atoms with Crippen molar-refractivity contribution >= 4 is 27.9 Å². The molecule has 0 fully saturated rings. The van der Waals surface area contributed by atoms with Crippen LogP contribution in [0.3, 0.4) is 0 Å². The summed E-state index contributed by atoms with van der Waals surface area (Å²) in [6.45, 7) is 2.05. The average Bonchev–Trinajstić information content (AvgIpc) is 2.78. The molecule has 0 saturated carbocycles. The molecule has 114 valence electrons. The van der Waals surface area contributed by atoms with Gasteiger partial charge in [0.1, 0.15) is 30.5 Å². The largest absolute Gasteiger partial charge is 1.00 e. The molecule has 0 spiro atoms. The first-order valence-electron chi connectivity index (χ1n) is 6.50. The number of nitrogens with zero attached hydrogens (tertiary/aromatic N) is 2. The van der Waals surface area contributed by atoms with Crippen LogP contribution in [0.25, 0.3) is 22.1 Å². The van der Waals surface area contributed by atoms with Gasteiger partial charge in [-0.05, 0) is 12.1 Å². The van der Waals surface area contributed by atoms with Crippen molar-refractivity contribution in [1.82, 2.24) is 9.97 Å². The van der Waals surface area contributed by atoms with E-state index in [4.69, 9.17) is 4.42 Å². The fraction of sp³-hybridized carbons (Fsp3) is 0.286. The maximum atomic E-state index is 5.88. The molecule has 0 aliphatic heterocycles. The van der Waals surface area contributed by atoms with Crippen molar-refractivity contribution in [3.63, 3.8) is 0 Å². The second kappa shape index (κ2) is 7.56. The van der Waals surface area contributed by atoms with E-state index in [1.165, 1.54) is 4.90 Å². The molecule has 21 heavy (non-hydrogen) atoms. The third-order valence-electron chi connectivity index (χ3n) is 3.17. The number of halogens is 2. The molecule has 3 rings (SSSR count). The van der Waals surface area contributed by atoms with Gasteiger partial charge in [-0.1, -0.05) is 12.1 Å². The Morgan fingerprint density at radius 3 is 2.67 bits per heavy atom. The molecular weight excluding hydrogens is 311 g/mol. The lowest BCUT2D eigenvalue weighted by molar-refractivity contribution is -0.870. The third kappa shape index (κ3) is 3.63. The van der Waals surface area contributed by atoms with Crippen LogP contribution in [0.1, 0.15) is 0 Å². The van der Waals surface area contributed by atoms with E-state index in [0.717, 1.165) is 41.0 Å². The van der Waals surface area contributed by atoms with Crippen LogP contribution < -0.4 is 35.0 Å². The van der Waals surface area contributed by atoms with Crippen molar-refractivity contribution in [1.29, 1.82) is 0 Å². The van der Waals surface area contributed by atoms with Crippen LogP contribution in [0.2, 0.25) is 0 Å². The number of benzene rings is 1. The zero-order valence-corrected chi connectivity index (χ0v) is 13.4. The van der Waals surface area contributed by atoms with E-state index in [0.29, 0.717) is 0 Å². The molecular formula is C14H18Cl2N4O. The molecule has 2 heterocycles. The standard InChI is InChI=1S/C14H16N4O.2ClH/c1-18(2)8-7-15-14-13-12(16-9-17-14)10-5-3-4-6-11(10)19-13;;/h3-6,9H,7-8H2,1-2H3,(H,15,16,17);2*1H. The molecule has 0 bridgehead atoms. The number of furan rings is 1. The van der Waals surface area contributed by atoms with Crippen molar-refractivity contribution in [3.05, 3.63) is 30.6 Å². The van der Waals surface area contributed by atoms with Gasteiger partial charge in [-0.15, -0.1) is 0 Å². The first kappa shape index (κ1) is 17.7.